The summed E-state index contributed by atoms with van der Waals surface area (Å²) in [7, 11) is -1.41. The van der Waals surface area contributed by atoms with Crippen molar-refractivity contribution in [1.82, 2.24) is 0 Å². The Bertz CT molecular complexity index is 3510. The van der Waals surface area contributed by atoms with Crippen molar-refractivity contribution < 1.29 is 4.42 Å². The van der Waals surface area contributed by atoms with Crippen LogP contribution in [0.1, 0.15) is 22.3 Å². The van der Waals surface area contributed by atoms with Crippen molar-refractivity contribution in [3.8, 4) is 33.4 Å². The van der Waals surface area contributed by atoms with Crippen molar-refractivity contribution in [3.63, 3.8) is 0 Å². The predicted octanol–water partition coefficient (Wildman–Crippen LogP) is 16.5. The van der Waals surface area contributed by atoms with E-state index in [0.29, 0.717) is 0 Å². The molecule has 2 nitrogen and oxygen atoms in total. The van der Waals surface area contributed by atoms with Gasteiger partial charge in [-0.25, -0.2) is 0 Å². The molecule has 310 valence electrons. The maximum atomic E-state index is 6.81. The van der Waals surface area contributed by atoms with E-state index in [-0.39, 0.29) is 0 Å². The van der Waals surface area contributed by atoms with Gasteiger partial charge in [-0.2, -0.15) is 0 Å². The third kappa shape index (κ3) is 6.22. The Morgan fingerprint density at radius 3 is 1.58 bits per heavy atom. The Hall–Kier alpha value is -7.72. The second-order valence-corrected chi connectivity index (χ2v) is 23.5. The smallest absolute Gasteiger partial charge is 0.143 e. The fourth-order valence-corrected chi connectivity index (χ4v) is 11.8. The fourth-order valence-electron chi connectivity index (χ4n) is 10.6. The molecule has 0 radical (unpaired) electrons. The molecule has 0 saturated heterocycles. The second-order valence-electron chi connectivity index (χ2n) is 18.4. The summed E-state index contributed by atoms with van der Waals surface area (Å²) in [6, 6.07) is 84.9. The van der Waals surface area contributed by atoms with Crippen LogP contribution in [0.3, 0.4) is 0 Å². The molecule has 0 saturated carbocycles. The number of nitrogens with zero attached hydrogens (tertiary/aromatic N) is 1. The molecule has 12 rings (SSSR count). The summed E-state index contributed by atoms with van der Waals surface area (Å²) in [5.74, 6) is 0. The topological polar surface area (TPSA) is 16.4 Å². The van der Waals surface area contributed by atoms with Gasteiger partial charge in [-0.05, 0) is 86.3 Å². The molecule has 3 heteroatoms. The minimum atomic E-state index is -1.41. The van der Waals surface area contributed by atoms with Gasteiger partial charge in [0.1, 0.15) is 11.2 Å². The van der Waals surface area contributed by atoms with Gasteiger partial charge in [-0.1, -0.05) is 219 Å². The van der Waals surface area contributed by atoms with Crippen LogP contribution in [0.5, 0.6) is 0 Å². The lowest BCUT2D eigenvalue weighted by atomic mass is 9.68. The summed E-state index contributed by atoms with van der Waals surface area (Å²) in [5, 5.41) is 6.05. The van der Waals surface area contributed by atoms with E-state index in [1.807, 2.05) is 0 Å². The number of benzene rings is 10. The van der Waals surface area contributed by atoms with Gasteiger partial charge in [0.05, 0.1) is 19.2 Å². The zero-order chi connectivity index (χ0) is 43.7. The van der Waals surface area contributed by atoms with E-state index in [0.717, 1.165) is 55.5 Å². The van der Waals surface area contributed by atoms with Crippen LogP contribution in [0, 0.1) is 0 Å². The molecule has 0 unspecified atom stereocenters. The molecule has 0 fully saturated rings. The summed E-state index contributed by atoms with van der Waals surface area (Å²) in [6.07, 6.45) is 0. The highest BCUT2D eigenvalue weighted by molar-refractivity contribution is 6.88. The first-order chi connectivity index (χ1) is 31.9. The van der Waals surface area contributed by atoms with E-state index in [1.165, 1.54) is 55.1 Å². The van der Waals surface area contributed by atoms with Crippen molar-refractivity contribution in [2.45, 2.75) is 25.1 Å². The van der Waals surface area contributed by atoms with E-state index in [4.69, 9.17) is 4.42 Å². The van der Waals surface area contributed by atoms with Crippen LogP contribution >= 0.6 is 0 Å². The quantitative estimate of drug-likeness (QED) is 0.142. The Morgan fingerprint density at radius 1 is 0.385 bits per heavy atom. The maximum absolute atomic E-state index is 6.81. The predicted molar refractivity (Wildman–Crippen MR) is 277 cm³/mol. The van der Waals surface area contributed by atoms with Gasteiger partial charge in [0, 0.05) is 38.7 Å². The van der Waals surface area contributed by atoms with Crippen molar-refractivity contribution in [3.05, 3.63) is 253 Å². The van der Waals surface area contributed by atoms with Crippen molar-refractivity contribution >= 4 is 63.0 Å². The molecule has 0 atom stereocenters. The highest BCUT2D eigenvalue weighted by Crippen LogP contribution is 2.59. The summed E-state index contributed by atoms with van der Waals surface area (Å²) >= 11 is 0. The number of fused-ring (bicyclic) bond motifs is 8. The first-order valence-electron chi connectivity index (χ1n) is 22.7. The molecular weight excluding hydrogens is 803 g/mol. The van der Waals surface area contributed by atoms with Gasteiger partial charge in [0.2, 0.25) is 0 Å². The average molecular weight is 850 g/mol. The van der Waals surface area contributed by atoms with Crippen LogP contribution in [0.2, 0.25) is 19.6 Å². The molecule has 11 aromatic rings. The molecule has 0 amide bonds. The molecule has 1 heterocycles. The molecule has 1 aliphatic carbocycles. The fraction of sp³-hybridized carbons (Fsp3) is 0.0645. The zero-order valence-corrected chi connectivity index (χ0v) is 37.8. The maximum Gasteiger partial charge on any atom is 0.143 e. The van der Waals surface area contributed by atoms with Crippen molar-refractivity contribution in [1.29, 1.82) is 0 Å². The molecule has 1 aliphatic rings. The van der Waals surface area contributed by atoms with Crippen LogP contribution in [0.4, 0.5) is 17.1 Å². The number of rotatable bonds is 8. The van der Waals surface area contributed by atoms with E-state index in [1.54, 1.807) is 0 Å². The van der Waals surface area contributed by atoms with Gasteiger partial charge < -0.3 is 9.32 Å². The number of furan rings is 1. The van der Waals surface area contributed by atoms with Gasteiger partial charge in [-0.15, -0.1) is 0 Å². The Labute approximate surface area is 381 Å². The zero-order valence-electron chi connectivity index (χ0n) is 36.8. The normalized spacial score (nSPS) is 13.0. The molecule has 0 spiro atoms. The molecule has 0 N–H and O–H groups in total. The first kappa shape index (κ1) is 38.9. The lowest BCUT2D eigenvalue weighted by Gasteiger charge is -2.34. The molecule has 0 bridgehead atoms. The first-order valence-corrected chi connectivity index (χ1v) is 26.2. The van der Waals surface area contributed by atoms with Crippen LogP contribution < -0.4 is 10.1 Å². The summed E-state index contributed by atoms with van der Waals surface area (Å²) < 4.78 is 6.81. The summed E-state index contributed by atoms with van der Waals surface area (Å²) in [6.45, 7) is 7.21. The summed E-state index contributed by atoms with van der Waals surface area (Å²) in [5.41, 5.74) is 16.8. The van der Waals surface area contributed by atoms with Crippen LogP contribution in [0.15, 0.2) is 235 Å². The van der Waals surface area contributed by atoms with E-state index < -0.39 is 13.5 Å². The Morgan fingerprint density at radius 2 is 0.908 bits per heavy atom. The average Bonchev–Trinajstić information content (AvgIpc) is 3.90. The number of hydrogen-bond acceptors (Lipinski definition) is 2. The lowest BCUT2D eigenvalue weighted by Crippen LogP contribution is -2.37. The minimum absolute atomic E-state index is 0.511. The molecule has 65 heavy (non-hydrogen) atoms. The second kappa shape index (κ2) is 15.2. The number of anilines is 3. The Balaban J connectivity index is 1.04. The standard InChI is InChI=1S/C62H47NOSi/c1-65(2,3)50-39-32-43(33-40-50)42-28-35-48(36-29-42)63(49-37-30-45(31-38-49)52-23-14-24-53-54-41-34-44-16-10-11-21-51(44)61(54)64-60(52)53)58-27-15-26-57-59(58)55-22-12-13-25-56(55)62(57,46-17-6-4-7-18-46)47-19-8-5-9-20-47/h4-41H,1-3H3. The van der Waals surface area contributed by atoms with Crippen molar-refractivity contribution in [2.75, 3.05) is 4.90 Å². The van der Waals surface area contributed by atoms with Crippen molar-refractivity contribution in [2.24, 2.45) is 0 Å². The van der Waals surface area contributed by atoms with E-state index >= 15 is 0 Å². The van der Waals surface area contributed by atoms with Gasteiger partial charge in [0.15, 0.2) is 0 Å². The lowest BCUT2D eigenvalue weighted by molar-refractivity contribution is 0.674. The van der Waals surface area contributed by atoms with E-state index in [2.05, 4.69) is 255 Å². The van der Waals surface area contributed by atoms with E-state index in [9.17, 15) is 0 Å². The Kier molecular flexibility index (Phi) is 9.11. The third-order valence-electron chi connectivity index (χ3n) is 13.7. The minimum Gasteiger partial charge on any atom is -0.455 e. The third-order valence-corrected chi connectivity index (χ3v) is 15.8. The molecule has 0 aliphatic heterocycles. The van der Waals surface area contributed by atoms with Gasteiger partial charge in [0.25, 0.3) is 0 Å². The SMILES string of the molecule is C[Si](C)(C)c1ccc(-c2ccc(N(c3ccc(-c4cccc5c4oc4c6ccccc6ccc54)cc3)c3cccc4c3-c3ccccc3C4(c3ccccc3)c3ccccc3)cc2)cc1. The van der Waals surface area contributed by atoms with Crippen LogP contribution in [0.25, 0.3) is 66.1 Å². The van der Waals surface area contributed by atoms with Gasteiger partial charge >= 0.3 is 0 Å². The highest BCUT2D eigenvalue weighted by Gasteiger charge is 2.47. The molecule has 1 aromatic heterocycles. The number of para-hydroxylation sites is 1. The largest absolute Gasteiger partial charge is 0.455 e. The van der Waals surface area contributed by atoms with Crippen LogP contribution in [-0.2, 0) is 5.41 Å². The van der Waals surface area contributed by atoms with Crippen LogP contribution in [-0.4, -0.2) is 8.07 Å². The summed E-state index contributed by atoms with van der Waals surface area (Å²) in [4.78, 5) is 2.46. The number of hydrogen-bond donors (Lipinski definition) is 0. The van der Waals surface area contributed by atoms with Gasteiger partial charge in [-0.3, -0.25) is 0 Å². The monoisotopic (exact) mass is 849 g/mol. The molecular formula is C62H47NOSi. The molecule has 10 aromatic carbocycles. The highest BCUT2D eigenvalue weighted by atomic mass is 28.3.